The molecule has 1 aliphatic rings. The minimum atomic E-state index is -0.798. The maximum absolute atomic E-state index is 12.4. The third kappa shape index (κ3) is 6.33. The highest BCUT2D eigenvalue weighted by molar-refractivity contribution is 6.34. The van der Waals surface area contributed by atoms with E-state index in [2.05, 4.69) is 9.89 Å². The van der Waals surface area contributed by atoms with Gasteiger partial charge in [0, 0.05) is 30.9 Å². The molecule has 0 bridgehead atoms. The first-order chi connectivity index (χ1) is 13.4. The Labute approximate surface area is 169 Å². The van der Waals surface area contributed by atoms with E-state index in [1.165, 1.54) is 6.92 Å². The van der Waals surface area contributed by atoms with Crippen molar-refractivity contribution in [2.24, 2.45) is 16.5 Å². The van der Waals surface area contributed by atoms with E-state index in [0.717, 1.165) is 13.1 Å². The lowest BCUT2D eigenvalue weighted by Crippen LogP contribution is -2.38. The number of nitrogens with two attached hydrogens (primary N) is 2. The Morgan fingerprint density at radius 2 is 1.93 bits per heavy atom. The lowest BCUT2D eigenvalue weighted by Gasteiger charge is -2.25. The molecular formula is C19H25ClN4O4. The number of carbonyl (C=O) groups is 2. The zero-order chi connectivity index (χ0) is 20.5. The minimum absolute atomic E-state index is 0.0107. The smallest absolute Gasteiger partial charge is 0.344 e. The fourth-order valence-electron chi connectivity index (χ4n) is 2.65. The second-order valence-electron chi connectivity index (χ2n) is 6.26. The molecule has 0 aliphatic carbocycles. The van der Waals surface area contributed by atoms with Crippen molar-refractivity contribution in [2.75, 3.05) is 46.0 Å². The van der Waals surface area contributed by atoms with Gasteiger partial charge in [0.1, 0.15) is 11.4 Å². The maximum Gasteiger partial charge on any atom is 0.344 e. The van der Waals surface area contributed by atoms with E-state index < -0.39 is 18.4 Å². The summed E-state index contributed by atoms with van der Waals surface area (Å²) in [4.78, 5) is 31.0. The van der Waals surface area contributed by atoms with Crippen molar-refractivity contribution in [2.45, 2.75) is 6.92 Å². The lowest BCUT2D eigenvalue weighted by molar-refractivity contribution is -0.137. The van der Waals surface area contributed by atoms with Gasteiger partial charge in [0.2, 0.25) is 5.78 Å². The number of nitrogens with zero attached hydrogens (tertiary/aromatic N) is 2. The third-order valence-corrected chi connectivity index (χ3v) is 4.49. The van der Waals surface area contributed by atoms with Gasteiger partial charge in [-0.3, -0.25) is 14.7 Å². The molecular weight excluding hydrogens is 384 g/mol. The van der Waals surface area contributed by atoms with Gasteiger partial charge in [0.05, 0.1) is 24.8 Å². The van der Waals surface area contributed by atoms with Crippen LogP contribution >= 0.6 is 11.6 Å². The highest BCUT2D eigenvalue weighted by Crippen LogP contribution is 2.16. The maximum atomic E-state index is 12.4. The van der Waals surface area contributed by atoms with Crippen molar-refractivity contribution in [1.82, 2.24) is 4.90 Å². The number of benzene rings is 1. The molecule has 1 aromatic carbocycles. The van der Waals surface area contributed by atoms with E-state index in [4.69, 9.17) is 32.5 Å². The molecule has 2 rings (SSSR count). The fraction of sp³-hybridized carbons (Fsp3) is 0.421. The molecule has 152 valence electrons. The molecule has 0 unspecified atom stereocenters. The molecule has 4 N–H and O–H groups in total. The topological polar surface area (TPSA) is 120 Å². The van der Waals surface area contributed by atoms with E-state index in [9.17, 15) is 9.59 Å². The van der Waals surface area contributed by atoms with Gasteiger partial charge in [-0.15, -0.1) is 0 Å². The number of rotatable bonds is 8. The van der Waals surface area contributed by atoms with E-state index in [-0.39, 0.29) is 22.7 Å². The Balaban J connectivity index is 1.93. The first-order valence-electron chi connectivity index (χ1n) is 8.91. The summed E-state index contributed by atoms with van der Waals surface area (Å²) in [5.41, 5.74) is 12.1. The molecule has 9 heteroatoms. The molecule has 0 atom stereocenters. The quantitative estimate of drug-likeness (QED) is 0.216. The van der Waals surface area contributed by atoms with Crippen LogP contribution in [0.25, 0.3) is 0 Å². The molecule has 0 saturated carbocycles. The normalized spacial score (nSPS) is 16.4. The zero-order valence-corrected chi connectivity index (χ0v) is 16.6. The number of ether oxygens (including phenoxy) is 2. The highest BCUT2D eigenvalue weighted by atomic mass is 35.5. The van der Waals surface area contributed by atoms with Gasteiger partial charge in [-0.05, 0) is 19.1 Å². The van der Waals surface area contributed by atoms with Gasteiger partial charge < -0.3 is 20.9 Å². The van der Waals surface area contributed by atoms with E-state index >= 15 is 0 Å². The Morgan fingerprint density at radius 3 is 2.57 bits per heavy atom. The molecule has 1 aliphatic heterocycles. The number of halogens is 1. The van der Waals surface area contributed by atoms with Crippen molar-refractivity contribution >= 4 is 29.2 Å². The Hall–Kier alpha value is -2.42. The zero-order valence-electron chi connectivity index (χ0n) is 15.8. The monoisotopic (exact) mass is 408 g/mol. The molecule has 8 nitrogen and oxygen atoms in total. The standard InChI is InChI=1S/C19H25ClN4O4/c1-13(21)17(18(22)23-6-7-24-8-10-27-11-9-24)19(26)28-12-16(25)14-4-2-3-5-15(14)20/h2-5H,6-12,21H2,1H3,(H2,22,23)/b17-13+. The average molecular weight is 409 g/mol. The second-order valence-corrected chi connectivity index (χ2v) is 6.67. The largest absolute Gasteiger partial charge is 0.454 e. The van der Waals surface area contributed by atoms with Crippen LogP contribution in [0.3, 0.4) is 0 Å². The predicted octanol–water partition coefficient (Wildman–Crippen LogP) is 0.988. The summed E-state index contributed by atoms with van der Waals surface area (Å²) in [6.45, 7) is 5.21. The third-order valence-electron chi connectivity index (χ3n) is 4.17. The number of allylic oxidation sites excluding steroid dienone is 1. The van der Waals surface area contributed by atoms with Crippen LogP contribution in [0.1, 0.15) is 17.3 Å². The fourth-order valence-corrected chi connectivity index (χ4v) is 2.89. The van der Waals surface area contributed by atoms with Crippen LogP contribution in [0, 0.1) is 0 Å². The first-order valence-corrected chi connectivity index (χ1v) is 9.29. The first kappa shape index (κ1) is 21.9. The molecule has 1 saturated heterocycles. The highest BCUT2D eigenvalue weighted by Gasteiger charge is 2.20. The number of esters is 1. The average Bonchev–Trinajstić information content (AvgIpc) is 2.67. The number of Topliss-reactive ketones (excluding diaryl/α,β-unsaturated/α-hetero) is 1. The molecule has 0 radical (unpaired) electrons. The molecule has 1 fully saturated rings. The van der Waals surface area contributed by atoms with Crippen molar-refractivity contribution in [3.05, 3.63) is 46.1 Å². The summed E-state index contributed by atoms with van der Waals surface area (Å²) in [5, 5.41) is 0.290. The molecule has 28 heavy (non-hydrogen) atoms. The number of hydrogen-bond donors (Lipinski definition) is 2. The van der Waals surface area contributed by atoms with Crippen LogP contribution in [0.4, 0.5) is 0 Å². The molecule has 0 amide bonds. The summed E-state index contributed by atoms with van der Waals surface area (Å²) in [6.07, 6.45) is 0. The Bertz CT molecular complexity index is 769. The van der Waals surface area contributed by atoms with Crippen LogP contribution in [0.5, 0.6) is 0 Å². The Morgan fingerprint density at radius 1 is 1.25 bits per heavy atom. The number of ketones is 1. The van der Waals surface area contributed by atoms with Gasteiger partial charge in [0.15, 0.2) is 6.61 Å². The summed E-state index contributed by atoms with van der Waals surface area (Å²) in [6, 6.07) is 6.53. The minimum Gasteiger partial charge on any atom is -0.454 e. The van der Waals surface area contributed by atoms with Crippen LogP contribution in [-0.2, 0) is 14.3 Å². The summed E-state index contributed by atoms with van der Waals surface area (Å²) < 4.78 is 10.4. The van der Waals surface area contributed by atoms with Crippen LogP contribution in [0.15, 0.2) is 40.5 Å². The van der Waals surface area contributed by atoms with E-state index in [1.54, 1.807) is 24.3 Å². The number of hydrogen-bond acceptors (Lipinski definition) is 7. The summed E-state index contributed by atoms with van der Waals surface area (Å²) in [5.74, 6) is -1.23. The SMILES string of the molecule is C/C(N)=C(\C(=O)OCC(=O)c1ccccc1Cl)C(N)=NCCN1CCOCC1. The van der Waals surface area contributed by atoms with Crippen LogP contribution in [0.2, 0.25) is 5.02 Å². The van der Waals surface area contributed by atoms with Gasteiger partial charge in [0.25, 0.3) is 0 Å². The van der Waals surface area contributed by atoms with Gasteiger partial charge >= 0.3 is 5.97 Å². The lowest BCUT2D eigenvalue weighted by atomic mass is 10.1. The second kappa shape index (κ2) is 10.8. The number of morpholine rings is 1. The van der Waals surface area contributed by atoms with Crippen molar-refractivity contribution in [3.8, 4) is 0 Å². The van der Waals surface area contributed by atoms with Crippen molar-refractivity contribution in [3.63, 3.8) is 0 Å². The van der Waals surface area contributed by atoms with Gasteiger partial charge in [-0.2, -0.15) is 0 Å². The van der Waals surface area contributed by atoms with E-state index in [0.29, 0.717) is 31.3 Å². The molecule has 1 aromatic rings. The van der Waals surface area contributed by atoms with E-state index in [1.807, 2.05) is 0 Å². The number of aliphatic imine (C=N–C) groups is 1. The predicted molar refractivity (Wildman–Crippen MR) is 107 cm³/mol. The summed E-state index contributed by atoms with van der Waals surface area (Å²) >= 11 is 5.98. The summed E-state index contributed by atoms with van der Waals surface area (Å²) in [7, 11) is 0. The Kier molecular flexibility index (Phi) is 8.43. The molecule has 0 spiro atoms. The van der Waals surface area contributed by atoms with Gasteiger partial charge in [-0.25, -0.2) is 4.79 Å². The number of amidine groups is 1. The number of carbonyl (C=O) groups excluding carboxylic acids is 2. The van der Waals surface area contributed by atoms with Crippen molar-refractivity contribution in [1.29, 1.82) is 0 Å². The molecule has 1 heterocycles. The van der Waals surface area contributed by atoms with Crippen LogP contribution < -0.4 is 11.5 Å². The van der Waals surface area contributed by atoms with Crippen LogP contribution in [-0.4, -0.2) is 68.5 Å². The molecule has 0 aromatic heterocycles. The van der Waals surface area contributed by atoms with Crippen molar-refractivity contribution < 1.29 is 19.1 Å². The van der Waals surface area contributed by atoms with Gasteiger partial charge in [-0.1, -0.05) is 23.7 Å².